The standard InChI is InChI=1S/C39H46N6O5S/c1-25-10-8-11-26(2)34(25)32-19-33-42-37(41-32)43-51(48,49)31-13-9-12-27(18-31)36(47)45(30(23-50-33)20-38(3,4)5)22-29-15-14-28(21-40-29)35(46)44-17-16-39(6,7)24-44/h8-15,18-19,21,30H,16-17,20,22-24H2,1-7H3,(H,41,42,43)/t30-/m1/s1. The number of rotatable bonds is 5. The number of aryl methyl sites for hydroxylation is 2. The van der Waals surface area contributed by atoms with Gasteiger partial charge < -0.3 is 14.5 Å². The predicted octanol–water partition coefficient (Wildman–Crippen LogP) is 6.67. The number of nitrogens with zero attached hydrogens (tertiary/aromatic N) is 5. The molecule has 2 aliphatic heterocycles. The lowest BCUT2D eigenvalue weighted by Gasteiger charge is -2.35. The van der Waals surface area contributed by atoms with Gasteiger partial charge in [-0.1, -0.05) is 58.9 Å². The van der Waals surface area contributed by atoms with Gasteiger partial charge in [-0.25, -0.2) is 18.1 Å². The summed E-state index contributed by atoms with van der Waals surface area (Å²) in [6, 6.07) is 16.6. The van der Waals surface area contributed by atoms with Crippen molar-refractivity contribution in [1.29, 1.82) is 0 Å². The van der Waals surface area contributed by atoms with E-state index in [0.29, 0.717) is 36.5 Å². The number of aromatic nitrogens is 3. The Bertz CT molecular complexity index is 2050. The largest absolute Gasteiger partial charge is 0.475 e. The molecular formula is C39H46N6O5S. The molecule has 4 heterocycles. The number of nitrogens with one attached hydrogen (secondary N) is 1. The minimum atomic E-state index is -4.20. The van der Waals surface area contributed by atoms with Crippen molar-refractivity contribution in [1.82, 2.24) is 24.8 Å². The molecule has 268 valence electrons. The summed E-state index contributed by atoms with van der Waals surface area (Å²) >= 11 is 0. The Kier molecular flexibility index (Phi) is 9.67. The molecule has 0 unspecified atom stereocenters. The van der Waals surface area contributed by atoms with Gasteiger partial charge in [-0.05, 0) is 79.0 Å². The minimum Gasteiger partial charge on any atom is -0.475 e. The summed E-state index contributed by atoms with van der Waals surface area (Å²) < 4.78 is 36.3. The number of hydrogen-bond acceptors (Lipinski definition) is 8. The smallest absolute Gasteiger partial charge is 0.264 e. The van der Waals surface area contributed by atoms with Crippen LogP contribution in [0.1, 0.15) is 85.0 Å². The van der Waals surface area contributed by atoms with E-state index in [0.717, 1.165) is 23.1 Å². The average molecular weight is 711 g/mol. The Balaban J connectivity index is 1.41. The van der Waals surface area contributed by atoms with Crippen LogP contribution in [0.5, 0.6) is 5.88 Å². The lowest BCUT2D eigenvalue weighted by Crippen LogP contribution is -2.45. The van der Waals surface area contributed by atoms with Gasteiger partial charge in [-0.2, -0.15) is 4.98 Å². The van der Waals surface area contributed by atoms with Crippen molar-refractivity contribution in [2.75, 3.05) is 24.4 Å². The SMILES string of the molecule is Cc1cccc(C)c1-c1cc2nc(n1)NS(=O)(=O)c1cccc(c1)C(=O)N(Cc1ccc(C(=O)N3CCC(C)(C)C3)cn1)[C@H](CC(C)(C)C)CO2. The third-order valence-electron chi connectivity index (χ3n) is 9.40. The van der Waals surface area contributed by atoms with Crippen LogP contribution in [-0.4, -0.2) is 70.7 Å². The van der Waals surface area contributed by atoms with E-state index in [-0.39, 0.29) is 58.1 Å². The number of carbonyl (C=O) groups is 2. The molecule has 1 N–H and O–H groups in total. The molecule has 11 nitrogen and oxygen atoms in total. The zero-order valence-corrected chi connectivity index (χ0v) is 31.2. The number of fused-ring (bicyclic) bond motifs is 4. The van der Waals surface area contributed by atoms with E-state index >= 15 is 0 Å². The van der Waals surface area contributed by atoms with E-state index in [1.54, 1.807) is 41.4 Å². The number of pyridine rings is 1. The van der Waals surface area contributed by atoms with Gasteiger partial charge in [0.2, 0.25) is 11.8 Å². The van der Waals surface area contributed by atoms with Crippen LogP contribution in [0, 0.1) is 24.7 Å². The number of carbonyl (C=O) groups excluding carboxylic acids is 2. The molecule has 51 heavy (non-hydrogen) atoms. The molecule has 12 heteroatoms. The molecule has 0 saturated carbocycles. The van der Waals surface area contributed by atoms with E-state index in [4.69, 9.17) is 4.74 Å². The quantitative estimate of drug-likeness (QED) is 0.243. The lowest BCUT2D eigenvalue weighted by atomic mass is 9.87. The maximum absolute atomic E-state index is 14.5. The van der Waals surface area contributed by atoms with Crippen LogP contribution in [0.4, 0.5) is 5.95 Å². The lowest BCUT2D eigenvalue weighted by molar-refractivity contribution is 0.0509. The number of amides is 2. The van der Waals surface area contributed by atoms with Gasteiger partial charge in [0.25, 0.3) is 21.8 Å². The monoisotopic (exact) mass is 710 g/mol. The maximum Gasteiger partial charge on any atom is 0.264 e. The summed E-state index contributed by atoms with van der Waals surface area (Å²) in [5.74, 6) is -0.405. The Morgan fingerprint density at radius 1 is 1.02 bits per heavy atom. The first kappa shape index (κ1) is 36.0. The highest BCUT2D eigenvalue weighted by Crippen LogP contribution is 2.32. The second kappa shape index (κ2) is 13.7. The van der Waals surface area contributed by atoms with Gasteiger partial charge in [0, 0.05) is 36.5 Å². The normalized spacial score (nSPS) is 18.6. The van der Waals surface area contributed by atoms with Crippen molar-refractivity contribution >= 4 is 27.8 Å². The molecule has 2 aromatic heterocycles. The van der Waals surface area contributed by atoms with E-state index in [9.17, 15) is 18.0 Å². The first-order chi connectivity index (χ1) is 24.0. The van der Waals surface area contributed by atoms with Crippen molar-refractivity contribution in [2.45, 2.75) is 78.8 Å². The Morgan fingerprint density at radius 3 is 2.39 bits per heavy atom. The van der Waals surface area contributed by atoms with E-state index in [2.05, 4.69) is 54.3 Å². The van der Waals surface area contributed by atoms with Gasteiger partial charge in [0.1, 0.15) is 6.61 Å². The second-order valence-corrected chi connectivity index (χ2v) is 17.3. The Hall–Kier alpha value is -4.84. The summed E-state index contributed by atoms with van der Waals surface area (Å²) in [5.41, 5.74) is 4.41. The zero-order valence-electron chi connectivity index (χ0n) is 30.4. The molecular weight excluding hydrogens is 665 g/mol. The number of benzene rings is 2. The fourth-order valence-electron chi connectivity index (χ4n) is 6.83. The van der Waals surface area contributed by atoms with Crippen LogP contribution >= 0.6 is 0 Å². The number of hydrogen-bond donors (Lipinski definition) is 1. The average Bonchev–Trinajstić information content (AvgIpc) is 3.43. The summed E-state index contributed by atoms with van der Waals surface area (Å²) in [4.78, 5) is 44.9. The fourth-order valence-corrected chi connectivity index (χ4v) is 7.82. The predicted molar refractivity (Wildman–Crippen MR) is 196 cm³/mol. The first-order valence-corrected chi connectivity index (χ1v) is 18.7. The molecule has 0 radical (unpaired) electrons. The van der Waals surface area contributed by atoms with Crippen molar-refractivity contribution < 1.29 is 22.7 Å². The van der Waals surface area contributed by atoms with Crippen molar-refractivity contribution in [3.8, 4) is 17.1 Å². The van der Waals surface area contributed by atoms with E-state index < -0.39 is 16.1 Å². The molecule has 0 aliphatic carbocycles. The Morgan fingerprint density at radius 2 is 1.75 bits per heavy atom. The fraction of sp³-hybridized carbons (Fsp3) is 0.410. The number of likely N-dealkylation sites (tertiary alicyclic amines) is 1. The number of ether oxygens (including phenoxy) is 1. The van der Waals surface area contributed by atoms with Crippen LogP contribution in [-0.2, 0) is 16.6 Å². The molecule has 1 fully saturated rings. The second-order valence-electron chi connectivity index (χ2n) is 15.7. The summed E-state index contributed by atoms with van der Waals surface area (Å²) in [5, 5.41) is 0. The summed E-state index contributed by atoms with van der Waals surface area (Å²) in [7, 11) is -4.20. The molecule has 0 spiro atoms. The molecule has 4 aromatic rings. The molecule has 2 amide bonds. The van der Waals surface area contributed by atoms with Crippen LogP contribution in [0.15, 0.2) is 71.8 Å². The molecule has 1 atom stereocenters. The van der Waals surface area contributed by atoms with Crippen molar-refractivity contribution in [3.05, 3.63) is 94.8 Å². The van der Waals surface area contributed by atoms with Crippen LogP contribution in [0.25, 0.3) is 11.3 Å². The molecule has 6 rings (SSSR count). The zero-order chi connectivity index (χ0) is 36.7. The molecule has 2 aliphatic rings. The van der Waals surface area contributed by atoms with Gasteiger partial charge in [0.15, 0.2) is 0 Å². The van der Waals surface area contributed by atoms with Crippen LogP contribution < -0.4 is 9.46 Å². The molecule has 4 bridgehead atoms. The highest BCUT2D eigenvalue weighted by molar-refractivity contribution is 7.92. The summed E-state index contributed by atoms with van der Waals surface area (Å²) in [6.45, 7) is 16.1. The minimum absolute atomic E-state index is 0.0619. The molecule has 1 saturated heterocycles. The third-order valence-corrected chi connectivity index (χ3v) is 10.7. The Labute approximate surface area is 300 Å². The van der Waals surface area contributed by atoms with Gasteiger partial charge >= 0.3 is 0 Å². The van der Waals surface area contributed by atoms with E-state index in [1.807, 2.05) is 36.9 Å². The van der Waals surface area contributed by atoms with E-state index in [1.165, 1.54) is 12.1 Å². The first-order valence-electron chi connectivity index (χ1n) is 17.2. The highest BCUT2D eigenvalue weighted by Gasteiger charge is 2.34. The van der Waals surface area contributed by atoms with Gasteiger partial charge in [0.05, 0.1) is 34.4 Å². The van der Waals surface area contributed by atoms with Gasteiger partial charge in [-0.15, -0.1) is 0 Å². The van der Waals surface area contributed by atoms with Crippen molar-refractivity contribution in [2.24, 2.45) is 10.8 Å². The van der Waals surface area contributed by atoms with Crippen molar-refractivity contribution in [3.63, 3.8) is 0 Å². The number of anilines is 1. The van der Waals surface area contributed by atoms with Gasteiger partial charge in [-0.3, -0.25) is 14.6 Å². The topological polar surface area (TPSA) is 135 Å². The third kappa shape index (κ3) is 8.22. The van der Waals surface area contributed by atoms with Crippen LogP contribution in [0.2, 0.25) is 0 Å². The summed E-state index contributed by atoms with van der Waals surface area (Å²) in [6.07, 6.45) is 3.07. The molecule has 2 aromatic carbocycles. The van der Waals surface area contributed by atoms with Crippen LogP contribution in [0.3, 0.4) is 0 Å². The highest BCUT2D eigenvalue weighted by atomic mass is 32.2. The maximum atomic E-state index is 14.5. The number of sulfonamides is 1.